The van der Waals surface area contributed by atoms with Crippen LogP contribution in [0.4, 0.5) is 0 Å². The monoisotopic (exact) mass is 429 g/mol. The molecular weight excluding hydrogens is 402 g/mol. The summed E-state index contributed by atoms with van der Waals surface area (Å²) in [6.45, 7) is 7.34. The van der Waals surface area contributed by atoms with Crippen molar-refractivity contribution in [1.82, 2.24) is 24.2 Å². The number of carbonyl (C=O) groups excluding carboxylic acids is 1. The number of hydrogen-bond acceptors (Lipinski definition) is 6. The average molecular weight is 430 g/mol. The van der Waals surface area contributed by atoms with Gasteiger partial charge < -0.3 is 4.90 Å². The Bertz CT molecular complexity index is 1030. The van der Waals surface area contributed by atoms with Gasteiger partial charge in [-0.15, -0.1) is 0 Å². The zero-order valence-electron chi connectivity index (χ0n) is 17.5. The summed E-state index contributed by atoms with van der Waals surface area (Å²) in [5.41, 5.74) is 1.24. The minimum atomic E-state index is -3.75. The van der Waals surface area contributed by atoms with E-state index in [-0.39, 0.29) is 35.7 Å². The van der Waals surface area contributed by atoms with E-state index >= 15 is 0 Å². The van der Waals surface area contributed by atoms with E-state index in [0.29, 0.717) is 30.5 Å². The molecule has 9 heteroatoms. The van der Waals surface area contributed by atoms with E-state index in [1.165, 1.54) is 10.5 Å². The van der Waals surface area contributed by atoms with Crippen LogP contribution in [0.1, 0.15) is 38.8 Å². The Labute approximate surface area is 177 Å². The second-order valence-corrected chi connectivity index (χ2v) is 10.3. The maximum absolute atomic E-state index is 13.4. The van der Waals surface area contributed by atoms with Crippen LogP contribution in [0.3, 0.4) is 0 Å². The molecule has 0 unspecified atom stereocenters. The minimum absolute atomic E-state index is 0.0904. The van der Waals surface area contributed by atoms with Crippen LogP contribution in [0.15, 0.2) is 35.6 Å². The number of aromatic nitrogens is 3. The predicted octanol–water partition coefficient (Wildman–Crippen LogP) is 2.15. The van der Waals surface area contributed by atoms with Gasteiger partial charge in [-0.05, 0) is 30.4 Å². The van der Waals surface area contributed by atoms with E-state index in [1.54, 1.807) is 23.4 Å². The van der Waals surface area contributed by atoms with Crippen molar-refractivity contribution in [2.75, 3.05) is 26.2 Å². The summed E-state index contributed by atoms with van der Waals surface area (Å²) in [7, 11) is -3.75. The van der Waals surface area contributed by atoms with Gasteiger partial charge in [-0.2, -0.15) is 4.31 Å². The summed E-state index contributed by atoms with van der Waals surface area (Å²) in [5.74, 6) is 1.09. The van der Waals surface area contributed by atoms with Crippen molar-refractivity contribution in [2.45, 2.75) is 38.0 Å². The first kappa shape index (κ1) is 20.9. The van der Waals surface area contributed by atoms with Crippen molar-refractivity contribution in [2.24, 2.45) is 11.8 Å². The highest BCUT2D eigenvalue weighted by molar-refractivity contribution is 7.89. The zero-order valence-corrected chi connectivity index (χ0v) is 18.3. The Hall–Kier alpha value is -2.39. The highest BCUT2D eigenvalue weighted by atomic mass is 32.2. The minimum Gasteiger partial charge on any atom is -0.340 e. The Morgan fingerprint density at radius 1 is 1.17 bits per heavy atom. The lowest BCUT2D eigenvalue weighted by molar-refractivity contribution is -0.134. The molecule has 4 rings (SSSR count). The molecule has 1 aliphatic carbocycles. The summed E-state index contributed by atoms with van der Waals surface area (Å²) in [6, 6.07) is 3.64. The van der Waals surface area contributed by atoms with E-state index in [1.807, 2.05) is 19.9 Å². The van der Waals surface area contributed by atoms with E-state index in [9.17, 15) is 13.2 Å². The second-order valence-electron chi connectivity index (χ2n) is 8.39. The summed E-state index contributed by atoms with van der Waals surface area (Å²) in [6.07, 6.45) is 5.67. The lowest BCUT2D eigenvalue weighted by Crippen LogP contribution is -2.51. The molecule has 0 aromatic carbocycles. The number of carbonyl (C=O) groups is 1. The van der Waals surface area contributed by atoms with Gasteiger partial charge in [-0.3, -0.25) is 9.78 Å². The fraction of sp³-hybridized carbons (Fsp3) is 0.524. The smallest absolute Gasteiger partial charge is 0.246 e. The third-order valence-electron chi connectivity index (χ3n) is 5.84. The van der Waals surface area contributed by atoms with E-state index < -0.39 is 10.0 Å². The maximum atomic E-state index is 13.4. The molecule has 0 radical (unpaired) electrons. The summed E-state index contributed by atoms with van der Waals surface area (Å²) >= 11 is 0. The van der Waals surface area contributed by atoms with Crippen LogP contribution in [-0.4, -0.2) is 64.7 Å². The summed E-state index contributed by atoms with van der Waals surface area (Å²) in [4.78, 5) is 27.3. The van der Waals surface area contributed by atoms with Gasteiger partial charge in [0.2, 0.25) is 15.9 Å². The molecule has 1 saturated heterocycles. The third-order valence-corrected chi connectivity index (χ3v) is 7.76. The van der Waals surface area contributed by atoms with Gasteiger partial charge in [0, 0.05) is 50.1 Å². The molecule has 1 aliphatic heterocycles. The Morgan fingerprint density at radius 3 is 2.43 bits per heavy atom. The molecule has 0 bridgehead atoms. The van der Waals surface area contributed by atoms with E-state index in [4.69, 9.17) is 0 Å². The van der Waals surface area contributed by atoms with E-state index in [2.05, 4.69) is 21.9 Å². The second kappa shape index (κ2) is 8.03. The molecule has 2 fully saturated rings. The van der Waals surface area contributed by atoms with Crippen LogP contribution >= 0.6 is 0 Å². The molecule has 3 heterocycles. The molecule has 1 saturated carbocycles. The molecule has 0 spiro atoms. The molecule has 0 N–H and O–H groups in total. The fourth-order valence-electron chi connectivity index (χ4n) is 3.82. The SMILES string of the molecule is CC(C)c1nc(-c2cccnc2)ncc1S(=O)(=O)N1CCN(C(=O)[C@H]2C[C@@H]2C)CC1. The molecular formula is C21H27N5O3S. The fourth-order valence-corrected chi connectivity index (χ4v) is 5.47. The molecule has 2 aliphatic rings. The Balaban J connectivity index is 1.56. The van der Waals surface area contributed by atoms with Gasteiger partial charge in [0.15, 0.2) is 5.82 Å². The van der Waals surface area contributed by atoms with Crippen LogP contribution in [0, 0.1) is 11.8 Å². The molecule has 2 aromatic rings. The maximum Gasteiger partial charge on any atom is 0.246 e. The third kappa shape index (κ3) is 3.96. The number of nitrogens with zero attached hydrogens (tertiary/aromatic N) is 5. The van der Waals surface area contributed by atoms with Gasteiger partial charge in [-0.1, -0.05) is 20.8 Å². The first-order valence-electron chi connectivity index (χ1n) is 10.4. The van der Waals surface area contributed by atoms with Crippen molar-refractivity contribution in [3.63, 3.8) is 0 Å². The number of sulfonamides is 1. The van der Waals surface area contributed by atoms with Crippen molar-refractivity contribution in [1.29, 1.82) is 0 Å². The Morgan fingerprint density at radius 2 is 1.87 bits per heavy atom. The van der Waals surface area contributed by atoms with Crippen molar-refractivity contribution < 1.29 is 13.2 Å². The van der Waals surface area contributed by atoms with Crippen molar-refractivity contribution in [3.8, 4) is 11.4 Å². The van der Waals surface area contributed by atoms with Crippen molar-refractivity contribution >= 4 is 15.9 Å². The van der Waals surface area contributed by atoms with Gasteiger partial charge in [-0.25, -0.2) is 18.4 Å². The lowest BCUT2D eigenvalue weighted by Gasteiger charge is -2.34. The quantitative estimate of drug-likeness (QED) is 0.723. The normalized spacial score (nSPS) is 22.3. The van der Waals surface area contributed by atoms with Crippen molar-refractivity contribution in [3.05, 3.63) is 36.4 Å². The molecule has 8 nitrogen and oxygen atoms in total. The molecule has 2 atom stereocenters. The zero-order chi connectivity index (χ0) is 21.5. The largest absolute Gasteiger partial charge is 0.340 e. The lowest BCUT2D eigenvalue weighted by atomic mass is 10.1. The molecule has 30 heavy (non-hydrogen) atoms. The van der Waals surface area contributed by atoms with Crippen LogP contribution in [0.2, 0.25) is 0 Å². The summed E-state index contributed by atoms with van der Waals surface area (Å²) in [5, 5.41) is 0. The first-order chi connectivity index (χ1) is 14.3. The molecule has 160 valence electrons. The van der Waals surface area contributed by atoms with Crippen LogP contribution in [0.25, 0.3) is 11.4 Å². The van der Waals surface area contributed by atoms with Gasteiger partial charge in [0.05, 0.1) is 11.9 Å². The van der Waals surface area contributed by atoms with Crippen LogP contribution in [-0.2, 0) is 14.8 Å². The Kier molecular flexibility index (Phi) is 5.59. The van der Waals surface area contributed by atoms with E-state index in [0.717, 1.165) is 12.0 Å². The highest BCUT2D eigenvalue weighted by Crippen LogP contribution is 2.39. The van der Waals surface area contributed by atoms with Gasteiger partial charge >= 0.3 is 0 Å². The first-order valence-corrected chi connectivity index (χ1v) is 11.8. The number of pyridine rings is 1. The summed E-state index contributed by atoms with van der Waals surface area (Å²) < 4.78 is 28.2. The topological polar surface area (TPSA) is 96.4 Å². The standard InChI is InChI=1S/C21H27N5O3S/c1-14(2)19-18(13-23-20(24-19)16-5-4-6-22-12-16)30(28,29)26-9-7-25(8-10-26)21(27)17-11-15(17)3/h4-6,12-15,17H,7-11H2,1-3H3/t15-,17-/m0/s1. The highest BCUT2D eigenvalue weighted by Gasteiger charge is 2.43. The number of rotatable bonds is 5. The number of hydrogen-bond donors (Lipinski definition) is 0. The van der Waals surface area contributed by atoms with Gasteiger partial charge in [0.1, 0.15) is 4.90 Å². The van der Waals surface area contributed by atoms with Gasteiger partial charge in [0.25, 0.3) is 0 Å². The predicted molar refractivity (Wildman–Crippen MR) is 112 cm³/mol. The number of amides is 1. The van der Waals surface area contributed by atoms with Crippen LogP contribution < -0.4 is 0 Å². The molecule has 1 amide bonds. The average Bonchev–Trinajstić information content (AvgIpc) is 3.50. The molecule has 2 aromatic heterocycles. The van der Waals surface area contributed by atoms with Crippen LogP contribution in [0.5, 0.6) is 0 Å². The number of piperazine rings is 1.